The maximum absolute atomic E-state index is 11.3. The number of carbonyl (C=O) groups is 1. The maximum Gasteiger partial charge on any atom is 0.404 e. The molecule has 150 valence electrons. The minimum absolute atomic E-state index is 0.171. The van der Waals surface area contributed by atoms with E-state index in [4.69, 9.17) is 9.47 Å². The molecule has 1 aromatic heterocycles. The minimum Gasteiger partial charge on any atom is -0.497 e. The molecule has 6 nitrogen and oxygen atoms in total. The van der Waals surface area contributed by atoms with E-state index in [1.54, 1.807) is 19.5 Å². The number of benzene rings is 1. The van der Waals surface area contributed by atoms with E-state index >= 15 is 0 Å². The van der Waals surface area contributed by atoms with Gasteiger partial charge in [-0.3, -0.25) is 4.98 Å². The summed E-state index contributed by atoms with van der Waals surface area (Å²) in [6.07, 6.45) is 4.39. The average Bonchev–Trinajstić information content (AvgIpc) is 3.45. The van der Waals surface area contributed by atoms with E-state index in [0.717, 1.165) is 29.7 Å². The summed E-state index contributed by atoms with van der Waals surface area (Å²) in [6, 6.07) is 9.57. The van der Waals surface area contributed by atoms with Gasteiger partial charge in [0.1, 0.15) is 11.5 Å². The Kier molecular flexibility index (Phi) is 5.49. The molecular formula is C22H28N2O4. The summed E-state index contributed by atoms with van der Waals surface area (Å²) in [7, 11) is 1.64. The summed E-state index contributed by atoms with van der Waals surface area (Å²) >= 11 is 0. The molecule has 28 heavy (non-hydrogen) atoms. The molecule has 1 heterocycles. The molecule has 1 amide bonds. The molecule has 0 spiro atoms. The van der Waals surface area contributed by atoms with Crippen molar-refractivity contribution in [3.8, 4) is 22.6 Å². The highest BCUT2D eigenvalue weighted by Crippen LogP contribution is 2.53. The van der Waals surface area contributed by atoms with E-state index in [9.17, 15) is 9.90 Å². The fourth-order valence-electron chi connectivity index (χ4n) is 3.75. The van der Waals surface area contributed by atoms with Gasteiger partial charge < -0.3 is 19.9 Å². The lowest BCUT2D eigenvalue weighted by Crippen LogP contribution is -2.51. The van der Waals surface area contributed by atoms with Crippen LogP contribution in [0.3, 0.4) is 0 Å². The van der Waals surface area contributed by atoms with Crippen molar-refractivity contribution in [3.05, 3.63) is 42.7 Å². The van der Waals surface area contributed by atoms with Gasteiger partial charge in [-0.15, -0.1) is 0 Å². The highest BCUT2D eigenvalue weighted by Gasteiger charge is 2.54. The highest BCUT2D eigenvalue weighted by atomic mass is 16.5. The summed E-state index contributed by atoms with van der Waals surface area (Å²) < 4.78 is 11.3. The first-order chi connectivity index (χ1) is 13.2. The topological polar surface area (TPSA) is 80.7 Å². The van der Waals surface area contributed by atoms with E-state index in [2.05, 4.69) is 31.1 Å². The van der Waals surface area contributed by atoms with Crippen LogP contribution in [0.1, 0.15) is 33.6 Å². The number of rotatable bonds is 7. The number of nitrogens with one attached hydrogen (secondary N) is 1. The Morgan fingerprint density at radius 2 is 1.86 bits per heavy atom. The predicted octanol–water partition coefficient (Wildman–Crippen LogP) is 4.60. The lowest BCUT2D eigenvalue weighted by molar-refractivity contribution is 0.111. The molecule has 1 atom stereocenters. The van der Waals surface area contributed by atoms with Crippen LogP contribution in [-0.2, 0) is 0 Å². The Balaban J connectivity index is 1.72. The largest absolute Gasteiger partial charge is 0.497 e. The smallest absolute Gasteiger partial charge is 0.404 e. The molecule has 1 aromatic carbocycles. The Hall–Kier alpha value is -2.76. The van der Waals surface area contributed by atoms with Crippen molar-refractivity contribution in [3.63, 3.8) is 0 Å². The second-order valence-electron chi connectivity index (χ2n) is 8.54. The molecule has 1 aliphatic carbocycles. The van der Waals surface area contributed by atoms with Gasteiger partial charge in [-0.1, -0.05) is 32.9 Å². The first kappa shape index (κ1) is 20.0. The molecule has 1 unspecified atom stereocenters. The van der Waals surface area contributed by atoms with E-state index in [-0.39, 0.29) is 16.9 Å². The molecule has 6 heteroatoms. The quantitative estimate of drug-likeness (QED) is 0.729. The first-order valence-corrected chi connectivity index (χ1v) is 9.45. The van der Waals surface area contributed by atoms with Crippen LogP contribution in [0.2, 0.25) is 0 Å². The molecule has 1 aliphatic rings. The summed E-state index contributed by atoms with van der Waals surface area (Å²) in [6.45, 7) is 6.63. The number of hydrogen-bond acceptors (Lipinski definition) is 4. The number of methoxy groups -OCH3 is 1. The second-order valence-corrected chi connectivity index (χ2v) is 8.54. The molecule has 0 aliphatic heterocycles. The van der Waals surface area contributed by atoms with Crippen molar-refractivity contribution in [2.45, 2.75) is 39.7 Å². The minimum atomic E-state index is -0.991. The van der Waals surface area contributed by atoms with Gasteiger partial charge in [0.15, 0.2) is 0 Å². The van der Waals surface area contributed by atoms with Crippen LogP contribution in [0.5, 0.6) is 11.5 Å². The third-order valence-electron chi connectivity index (χ3n) is 5.30. The van der Waals surface area contributed by atoms with E-state index in [1.165, 1.54) is 0 Å². The molecule has 0 saturated heterocycles. The van der Waals surface area contributed by atoms with Crippen LogP contribution < -0.4 is 14.8 Å². The number of pyridine rings is 1. The van der Waals surface area contributed by atoms with Gasteiger partial charge in [0, 0.05) is 23.2 Å². The van der Waals surface area contributed by atoms with Gasteiger partial charge in [0.2, 0.25) is 0 Å². The van der Waals surface area contributed by atoms with Gasteiger partial charge in [0.05, 0.1) is 19.9 Å². The molecule has 0 radical (unpaired) electrons. The number of amides is 1. The van der Waals surface area contributed by atoms with Crippen LogP contribution in [0, 0.1) is 10.8 Å². The summed E-state index contributed by atoms with van der Waals surface area (Å²) in [5, 5.41) is 12.0. The third kappa shape index (κ3) is 4.55. The number of aromatic nitrogens is 1. The van der Waals surface area contributed by atoms with E-state index < -0.39 is 6.09 Å². The third-order valence-corrected chi connectivity index (χ3v) is 5.30. The van der Waals surface area contributed by atoms with Crippen LogP contribution in [0.4, 0.5) is 4.79 Å². The van der Waals surface area contributed by atoms with Gasteiger partial charge >= 0.3 is 6.09 Å². The van der Waals surface area contributed by atoms with Crippen molar-refractivity contribution >= 4 is 6.09 Å². The monoisotopic (exact) mass is 384 g/mol. The lowest BCUT2D eigenvalue weighted by Gasteiger charge is -2.37. The molecular weight excluding hydrogens is 356 g/mol. The number of nitrogens with zero attached hydrogens (tertiary/aromatic N) is 1. The molecule has 3 rings (SSSR count). The Bertz CT molecular complexity index is 823. The van der Waals surface area contributed by atoms with Gasteiger partial charge in [-0.2, -0.15) is 0 Å². The zero-order chi connectivity index (χ0) is 20.4. The number of ether oxygens (including phenoxy) is 2. The van der Waals surface area contributed by atoms with E-state index in [0.29, 0.717) is 12.4 Å². The Labute approximate surface area is 165 Å². The van der Waals surface area contributed by atoms with E-state index in [1.807, 2.05) is 30.3 Å². The standard InChI is InChI=1S/C22H28N2O4/c1-21(2,3)19(24-20(25)26)22(9-10-22)14-28-18-11-16(12-23-13-18)15-5-7-17(27-4)8-6-15/h5-8,11-13,19,24H,9-10,14H2,1-4H3,(H,25,26). The maximum atomic E-state index is 11.3. The van der Waals surface area contributed by atoms with Crippen molar-refractivity contribution in [1.82, 2.24) is 10.3 Å². The van der Waals surface area contributed by atoms with Crippen molar-refractivity contribution in [2.24, 2.45) is 10.8 Å². The van der Waals surface area contributed by atoms with Gasteiger partial charge in [0.25, 0.3) is 0 Å². The summed E-state index contributed by atoms with van der Waals surface area (Å²) in [5.41, 5.74) is 1.62. The van der Waals surface area contributed by atoms with Crippen LogP contribution in [-0.4, -0.2) is 35.9 Å². The summed E-state index contributed by atoms with van der Waals surface area (Å²) in [4.78, 5) is 15.6. The SMILES string of the molecule is COc1ccc(-c2cncc(OCC3(C(NC(=O)O)C(C)(C)C)CC3)c2)cc1. The molecule has 2 aromatic rings. The average molecular weight is 384 g/mol. The molecule has 1 saturated carbocycles. The molecule has 0 bridgehead atoms. The fourth-order valence-corrected chi connectivity index (χ4v) is 3.75. The number of hydrogen-bond donors (Lipinski definition) is 2. The lowest BCUT2D eigenvalue weighted by atomic mass is 9.77. The van der Waals surface area contributed by atoms with Crippen LogP contribution in [0.15, 0.2) is 42.7 Å². The molecule has 2 N–H and O–H groups in total. The summed E-state index contributed by atoms with van der Waals surface area (Å²) in [5.74, 6) is 1.49. The van der Waals surface area contributed by atoms with Crippen LogP contribution >= 0.6 is 0 Å². The molecule has 1 fully saturated rings. The highest BCUT2D eigenvalue weighted by molar-refractivity contribution is 5.65. The number of carboxylic acid groups (broad SMARTS) is 1. The zero-order valence-electron chi connectivity index (χ0n) is 16.9. The van der Waals surface area contributed by atoms with Crippen molar-refractivity contribution < 1.29 is 19.4 Å². The fraction of sp³-hybridized carbons (Fsp3) is 0.455. The van der Waals surface area contributed by atoms with Crippen molar-refractivity contribution in [1.29, 1.82) is 0 Å². The van der Waals surface area contributed by atoms with Crippen LogP contribution in [0.25, 0.3) is 11.1 Å². The Morgan fingerprint density at radius 3 is 2.39 bits per heavy atom. The first-order valence-electron chi connectivity index (χ1n) is 9.45. The predicted molar refractivity (Wildman–Crippen MR) is 108 cm³/mol. The van der Waals surface area contributed by atoms with Gasteiger partial charge in [-0.25, -0.2) is 4.79 Å². The Morgan fingerprint density at radius 1 is 1.18 bits per heavy atom. The zero-order valence-corrected chi connectivity index (χ0v) is 16.9. The van der Waals surface area contributed by atoms with Crippen molar-refractivity contribution in [2.75, 3.05) is 13.7 Å². The second kappa shape index (κ2) is 7.70. The normalized spacial score (nSPS) is 16.1. The van der Waals surface area contributed by atoms with Gasteiger partial charge in [-0.05, 0) is 42.0 Å².